The number of hydrogen-bond acceptors (Lipinski definition) is 3. The Labute approximate surface area is 102 Å². The van der Waals surface area contributed by atoms with Crippen LogP contribution in [0.15, 0.2) is 18.2 Å². The largest absolute Gasteiger partial charge is 0.389 e. The number of amides is 2. The summed E-state index contributed by atoms with van der Waals surface area (Å²) in [5.41, 5.74) is 5.68. The minimum Gasteiger partial charge on any atom is -0.389 e. The van der Waals surface area contributed by atoms with Crippen LogP contribution in [-0.4, -0.2) is 16.8 Å². The fraction of sp³-hybridized carbons (Fsp3) is 0.182. The highest BCUT2D eigenvalue weighted by Crippen LogP contribution is 2.26. The molecule has 1 aromatic carbocycles. The van der Waals surface area contributed by atoms with Crippen LogP contribution in [-0.2, 0) is 9.59 Å². The van der Waals surface area contributed by atoms with Crippen molar-refractivity contribution >= 4 is 34.7 Å². The van der Waals surface area contributed by atoms with Crippen LogP contribution in [0.25, 0.3) is 0 Å². The van der Waals surface area contributed by atoms with E-state index in [1.54, 1.807) is 0 Å². The van der Waals surface area contributed by atoms with Gasteiger partial charge >= 0.3 is 0 Å². The molecule has 88 valence electrons. The van der Waals surface area contributed by atoms with Crippen molar-refractivity contribution in [2.75, 3.05) is 4.90 Å². The van der Waals surface area contributed by atoms with Gasteiger partial charge < -0.3 is 5.73 Å². The Morgan fingerprint density at radius 2 is 1.88 bits per heavy atom. The predicted molar refractivity (Wildman–Crippen MR) is 64.0 cm³/mol. The van der Waals surface area contributed by atoms with Crippen molar-refractivity contribution in [3.8, 4) is 0 Å². The third kappa shape index (κ3) is 2.03. The molecule has 0 radical (unpaired) electrons. The number of carbonyl (C=O) groups is 2. The zero-order chi connectivity index (χ0) is 12.6. The monoisotopic (exact) mass is 252 g/mol. The molecule has 0 saturated carbocycles. The molecule has 0 bridgehead atoms. The van der Waals surface area contributed by atoms with Crippen molar-refractivity contribution < 1.29 is 14.0 Å². The first-order chi connectivity index (χ1) is 8.00. The maximum Gasteiger partial charge on any atom is 0.234 e. The van der Waals surface area contributed by atoms with Crippen molar-refractivity contribution in [1.82, 2.24) is 0 Å². The summed E-state index contributed by atoms with van der Waals surface area (Å²) in [4.78, 5) is 23.8. The Bertz CT molecular complexity index is 514. The molecule has 1 aliphatic rings. The highest BCUT2D eigenvalue weighted by atomic mass is 32.1. The second-order valence-corrected chi connectivity index (χ2v) is 4.09. The summed E-state index contributed by atoms with van der Waals surface area (Å²) in [6, 6.07) is 3.95. The van der Waals surface area contributed by atoms with E-state index >= 15 is 0 Å². The number of anilines is 1. The molecule has 4 nitrogen and oxygen atoms in total. The molecular weight excluding hydrogens is 243 g/mol. The van der Waals surface area contributed by atoms with E-state index < -0.39 is 17.6 Å². The van der Waals surface area contributed by atoms with E-state index in [-0.39, 0.29) is 23.5 Å². The topological polar surface area (TPSA) is 63.4 Å². The molecule has 2 rings (SSSR count). The number of thiocarbonyl (C=S) groups is 1. The molecule has 0 spiro atoms. The van der Waals surface area contributed by atoms with Crippen LogP contribution in [0.5, 0.6) is 0 Å². The molecule has 1 saturated heterocycles. The lowest BCUT2D eigenvalue weighted by atomic mass is 10.2. The SMILES string of the molecule is NC(=S)c1ccc(N2C(=O)CCC2=O)c(F)c1. The zero-order valence-electron chi connectivity index (χ0n) is 8.77. The van der Waals surface area contributed by atoms with Gasteiger partial charge in [0.15, 0.2) is 0 Å². The van der Waals surface area contributed by atoms with Crippen LogP contribution < -0.4 is 10.6 Å². The molecular formula is C11H9FN2O2S. The quantitative estimate of drug-likeness (QED) is 0.632. The lowest BCUT2D eigenvalue weighted by Gasteiger charge is -2.15. The second-order valence-electron chi connectivity index (χ2n) is 3.65. The standard InChI is InChI=1S/C11H9FN2O2S/c12-7-5-6(11(13)17)1-2-8(7)14-9(15)3-4-10(14)16/h1-2,5H,3-4H2,(H2,13,17). The van der Waals surface area contributed by atoms with Crippen LogP contribution in [0.1, 0.15) is 18.4 Å². The van der Waals surface area contributed by atoms with Gasteiger partial charge in [-0.1, -0.05) is 12.2 Å². The summed E-state index contributed by atoms with van der Waals surface area (Å²) in [5, 5.41) is 0. The maximum absolute atomic E-state index is 13.7. The Hall–Kier alpha value is -1.82. The molecule has 17 heavy (non-hydrogen) atoms. The van der Waals surface area contributed by atoms with Gasteiger partial charge in [0.05, 0.1) is 5.69 Å². The van der Waals surface area contributed by atoms with Gasteiger partial charge in [0.1, 0.15) is 10.8 Å². The minimum absolute atomic E-state index is 0.0440. The summed E-state index contributed by atoms with van der Waals surface area (Å²) in [5.74, 6) is -1.46. The van der Waals surface area contributed by atoms with E-state index in [0.717, 1.165) is 11.0 Å². The molecule has 1 aromatic rings. The van der Waals surface area contributed by atoms with Crippen molar-refractivity contribution in [1.29, 1.82) is 0 Å². The number of carbonyl (C=O) groups excluding carboxylic acids is 2. The van der Waals surface area contributed by atoms with Crippen LogP contribution in [0, 0.1) is 5.82 Å². The summed E-state index contributed by atoms with van der Waals surface area (Å²) in [6.07, 6.45) is 0.241. The Morgan fingerprint density at radius 1 is 1.29 bits per heavy atom. The average Bonchev–Trinajstić information content (AvgIpc) is 2.59. The van der Waals surface area contributed by atoms with Gasteiger partial charge in [-0.05, 0) is 18.2 Å². The van der Waals surface area contributed by atoms with Crippen molar-refractivity contribution in [3.63, 3.8) is 0 Å². The molecule has 0 atom stereocenters. The first-order valence-electron chi connectivity index (χ1n) is 4.96. The molecule has 1 heterocycles. The van der Waals surface area contributed by atoms with Crippen LogP contribution >= 0.6 is 12.2 Å². The number of benzene rings is 1. The smallest absolute Gasteiger partial charge is 0.234 e. The molecule has 0 unspecified atom stereocenters. The van der Waals surface area contributed by atoms with E-state index in [0.29, 0.717) is 5.56 Å². The van der Waals surface area contributed by atoms with Gasteiger partial charge in [-0.15, -0.1) is 0 Å². The first-order valence-corrected chi connectivity index (χ1v) is 5.36. The Morgan fingerprint density at radius 3 is 2.35 bits per heavy atom. The number of nitrogens with zero attached hydrogens (tertiary/aromatic N) is 1. The minimum atomic E-state index is -0.682. The van der Waals surface area contributed by atoms with E-state index in [1.807, 2.05) is 0 Å². The fourth-order valence-electron chi connectivity index (χ4n) is 1.69. The number of halogens is 1. The highest BCUT2D eigenvalue weighted by Gasteiger charge is 2.32. The van der Waals surface area contributed by atoms with E-state index in [2.05, 4.69) is 0 Å². The summed E-state index contributed by atoms with van der Waals surface area (Å²) >= 11 is 4.71. The molecule has 0 aliphatic carbocycles. The van der Waals surface area contributed by atoms with Crippen LogP contribution in [0.2, 0.25) is 0 Å². The molecule has 2 N–H and O–H groups in total. The maximum atomic E-state index is 13.7. The van der Waals surface area contributed by atoms with Crippen molar-refractivity contribution in [3.05, 3.63) is 29.6 Å². The van der Waals surface area contributed by atoms with Gasteiger partial charge in [-0.2, -0.15) is 0 Å². The van der Waals surface area contributed by atoms with Gasteiger partial charge in [0, 0.05) is 18.4 Å². The zero-order valence-corrected chi connectivity index (χ0v) is 9.59. The number of imide groups is 1. The summed E-state index contributed by atoms with van der Waals surface area (Å²) < 4.78 is 13.7. The van der Waals surface area contributed by atoms with E-state index in [1.165, 1.54) is 12.1 Å². The Balaban J connectivity index is 2.43. The lowest BCUT2D eigenvalue weighted by Crippen LogP contribution is -2.29. The van der Waals surface area contributed by atoms with Gasteiger partial charge in [-0.25, -0.2) is 9.29 Å². The number of hydrogen-bond donors (Lipinski definition) is 1. The van der Waals surface area contributed by atoms with Gasteiger partial charge in [0.2, 0.25) is 11.8 Å². The normalized spacial score (nSPS) is 15.5. The van der Waals surface area contributed by atoms with E-state index in [4.69, 9.17) is 18.0 Å². The predicted octanol–water partition coefficient (Wildman–Crippen LogP) is 1.11. The number of nitrogens with two attached hydrogens (primary N) is 1. The summed E-state index contributed by atoms with van der Waals surface area (Å²) in [6.45, 7) is 0. The molecule has 2 amide bonds. The Kier molecular flexibility index (Phi) is 2.89. The number of rotatable bonds is 2. The fourth-order valence-corrected chi connectivity index (χ4v) is 1.81. The third-order valence-electron chi connectivity index (χ3n) is 2.52. The molecule has 1 aliphatic heterocycles. The molecule has 6 heteroatoms. The lowest BCUT2D eigenvalue weighted by molar-refractivity contribution is -0.121. The average molecular weight is 252 g/mol. The highest BCUT2D eigenvalue weighted by molar-refractivity contribution is 7.80. The van der Waals surface area contributed by atoms with Crippen LogP contribution in [0.3, 0.4) is 0 Å². The second kappa shape index (κ2) is 4.21. The summed E-state index contributed by atoms with van der Waals surface area (Å²) in [7, 11) is 0. The first kappa shape index (κ1) is 11.7. The van der Waals surface area contributed by atoms with Gasteiger partial charge in [-0.3, -0.25) is 9.59 Å². The third-order valence-corrected chi connectivity index (χ3v) is 2.76. The van der Waals surface area contributed by atoms with Crippen LogP contribution in [0.4, 0.5) is 10.1 Å². The van der Waals surface area contributed by atoms with Crippen molar-refractivity contribution in [2.45, 2.75) is 12.8 Å². The van der Waals surface area contributed by atoms with Gasteiger partial charge in [0.25, 0.3) is 0 Å². The van der Waals surface area contributed by atoms with E-state index in [9.17, 15) is 14.0 Å². The molecule has 1 fully saturated rings. The van der Waals surface area contributed by atoms with Crippen molar-refractivity contribution in [2.24, 2.45) is 5.73 Å². The molecule has 0 aromatic heterocycles.